The first-order chi connectivity index (χ1) is 22.9. The van der Waals surface area contributed by atoms with Gasteiger partial charge in [-0.25, -0.2) is 4.79 Å². The molecule has 0 fully saturated rings. The summed E-state index contributed by atoms with van der Waals surface area (Å²) in [6.07, 6.45) is 0.314. The molecule has 2 unspecified atom stereocenters. The smallest absolute Gasteiger partial charge is 0.340 e. The van der Waals surface area contributed by atoms with Crippen molar-refractivity contribution in [2.24, 2.45) is 0 Å². The Morgan fingerprint density at radius 1 is 0.766 bits per heavy atom. The fourth-order valence-corrected chi connectivity index (χ4v) is 7.59. The number of carbonyl (C=O) groups is 2. The van der Waals surface area contributed by atoms with E-state index in [1.807, 2.05) is 49.4 Å². The molecular formula is C40H26O7. The van der Waals surface area contributed by atoms with Crippen LogP contribution >= 0.6 is 0 Å². The molecule has 228 valence electrons. The highest BCUT2D eigenvalue weighted by atomic mass is 16.6. The molecule has 2 N–H and O–H groups in total. The molecule has 7 aromatic rings. The number of phenolic OH excluding ortho intramolecular Hbond substituents is 2. The summed E-state index contributed by atoms with van der Waals surface area (Å²) in [7, 11) is 0. The predicted octanol–water partition coefficient (Wildman–Crippen LogP) is 8.66. The van der Waals surface area contributed by atoms with Crippen molar-refractivity contribution < 1.29 is 34.0 Å². The van der Waals surface area contributed by atoms with Crippen LogP contribution in [0.2, 0.25) is 0 Å². The van der Waals surface area contributed by atoms with Crippen LogP contribution in [0.3, 0.4) is 0 Å². The summed E-state index contributed by atoms with van der Waals surface area (Å²) in [6, 6.07) is 32.8. The third-order valence-corrected chi connectivity index (χ3v) is 9.57. The van der Waals surface area contributed by atoms with Crippen LogP contribution in [0.1, 0.15) is 51.9 Å². The molecule has 0 aromatic heterocycles. The van der Waals surface area contributed by atoms with Crippen LogP contribution in [0.25, 0.3) is 32.3 Å². The summed E-state index contributed by atoms with van der Waals surface area (Å²) in [5.41, 5.74) is 0.766. The van der Waals surface area contributed by atoms with E-state index in [4.69, 9.17) is 14.2 Å². The maximum atomic E-state index is 14.3. The van der Waals surface area contributed by atoms with Crippen molar-refractivity contribution >= 4 is 44.3 Å². The topological polar surface area (TPSA) is 102 Å². The summed E-state index contributed by atoms with van der Waals surface area (Å²) >= 11 is 0. The second kappa shape index (κ2) is 9.71. The van der Waals surface area contributed by atoms with Gasteiger partial charge in [0.15, 0.2) is 5.60 Å². The monoisotopic (exact) mass is 618 g/mol. The van der Waals surface area contributed by atoms with Crippen molar-refractivity contribution in [1.29, 1.82) is 0 Å². The van der Waals surface area contributed by atoms with Gasteiger partial charge in [-0.1, -0.05) is 67.6 Å². The highest BCUT2D eigenvalue weighted by molar-refractivity contribution is 6.24. The van der Waals surface area contributed by atoms with Gasteiger partial charge in [-0.15, -0.1) is 0 Å². The van der Waals surface area contributed by atoms with E-state index < -0.39 is 23.5 Å². The van der Waals surface area contributed by atoms with Crippen LogP contribution in [-0.4, -0.2) is 22.2 Å². The Bertz CT molecular complexity index is 2450. The van der Waals surface area contributed by atoms with Crippen LogP contribution in [-0.2, 0) is 15.1 Å². The van der Waals surface area contributed by atoms with Gasteiger partial charge in [-0.05, 0) is 69.9 Å². The van der Waals surface area contributed by atoms with Gasteiger partial charge >= 0.3 is 11.9 Å². The van der Waals surface area contributed by atoms with Crippen LogP contribution < -0.4 is 9.47 Å². The average molecular weight is 619 g/mol. The van der Waals surface area contributed by atoms with Crippen LogP contribution in [0.4, 0.5) is 0 Å². The SMILES string of the molecule is CCC(C(=O)Oc1ccc2ccc3cccc4ccc1c2c34)c1cc(O)cc2c1C1(OC(=O)c3ccccc31)c1ccc(O)cc1O2. The van der Waals surface area contributed by atoms with E-state index in [1.54, 1.807) is 18.2 Å². The minimum atomic E-state index is -1.51. The van der Waals surface area contributed by atoms with Crippen molar-refractivity contribution in [3.8, 4) is 28.7 Å². The van der Waals surface area contributed by atoms with Crippen LogP contribution in [0.15, 0.2) is 109 Å². The Balaban J connectivity index is 1.22. The summed E-state index contributed by atoms with van der Waals surface area (Å²) in [5, 5.41) is 27.5. The second-order valence-corrected chi connectivity index (χ2v) is 12.1. The molecule has 0 amide bonds. The minimum absolute atomic E-state index is 0.0383. The molecule has 0 saturated carbocycles. The van der Waals surface area contributed by atoms with Gasteiger partial charge in [0, 0.05) is 34.0 Å². The third-order valence-electron chi connectivity index (χ3n) is 9.57. The lowest BCUT2D eigenvalue weighted by atomic mass is 9.73. The number of carbonyl (C=O) groups excluding carboxylic acids is 2. The summed E-state index contributed by atoms with van der Waals surface area (Å²) in [6.45, 7) is 1.86. The van der Waals surface area contributed by atoms with Gasteiger partial charge < -0.3 is 24.4 Å². The molecule has 0 aliphatic carbocycles. The summed E-state index contributed by atoms with van der Waals surface area (Å²) in [5.74, 6) is -1.21. The molecule has 0 radical (unpaired) electrons. The number of fused-ring (bicyclic) bond motifs is 6. The van der Waals surface area contributed by atoms with Crippen molar-refractivity contribution in [2.75, 3.05) is 0 Å². The Morgan fingerprint density at radius 3 is 2.30 bits per heavy atom. The number of phenols is 2. The van der Waals surface area contributed by atoms with Gasteiger partial charge in [0.05, 0.1) is 17.0 Å². The lowest BCUT2D eigenvalue weighted by molar-refractivity contribution is -0.136. The number of aromatic hydroxyl groups is 2. The molecule has 7 aromatic carbocycles. The Morgan fingerprint density at radius 2 is 1.49 bits per heavy atom. The number of rotatable bonds is 4. The molecule has 1 spiro atoms. The third kappa shape index (κ3) is 3.74. The first-order valence-electron chi connectivity index (χ1n) is 15.5. The second-order valence-electron chi connectivity index (χ2n) is 12.1. The molecule has 9 rings (SSSR count). The Kier molecular flexibility index (Phi) is 5.63. The summed E-state index contributed by atoms with van der Waals surface area (Å²) < 4.78 is 18.8. The largest absolute Gasteiger partial charge is 0.508 e. The first-order valence-corrected chi connectivity index (χ1v) is 15.5. The lowest BCUT2D eigenvalue weighted by Gasteiger charge is -2.38. The molecule has 2 aliphatic heterocycles. The molecule has 0 bridgehead atoms. The van der Waals surface area contributed by atoms with Crippen molar-refractivity contribution in [3.05, 3.63) is 137 Å². The van der Waals surface area contributed by atoms with E-state index in [2.05, 4.69) is 24.3 Å². The van der Waals surface area contributed by atoms with Gasteiger partial charge in [0.2, 0.25) is 0 Å². The zero-order valence-corrected chi connectivity index (χ0v) is 25.1. The fourth-order valence-electron chi connectivity index (χ4n) is 7.59. The first kappa shape index (κ1) is 27.2. The van der Waals surface area contributed by atoms with E-state index in [0.717, 1.165) is 32.3 Å². The number of ether oxygens (including phenoxy) is 3. The van der Waals surface area contributed by atoms with Crippen LogP contribution in [0, 0.1) is 0 Å². The number of benzene rings is 7. The molecule has 2 aliphatic rings. The van der Waals surface area contributed by atoms with Crippen molar-refractivity contribution in [1.82, 2.24) is 0 Å². The van der Waals surface area contributed by atoms with Crippen molar-refractivity contribution in [3.63, 3.8) is 0 Å². The van der Waals surface area contributed by atoms with Crippen molar-refractivity contribution in [2.45, 2.75) is 24.9 Å². The highest BCUT2D eigenvalue weighted by Gasteiger charge is 2.55. The predicted molar refractivity (Wildman–Crippen MR) is 177 cm³/mol. The normalized spacial score (nSPS) is 16.9. The highest BCUT2D eigenvalue weighted by Crippen LogP contribution is 2.59. The minimum Gasteiger partial charge on any atom is -0.508 e. The number of hydrogen-bond acceptors (Lipinski definition) is 7. The Hall–Kier alpha value is -6.08. The molecular weight excluding hydrogens is 592 g/mol. The van der Waals surface area contributed by atoms with Gasteiger partial charge in [-0.2, -0.15) is 0 Å². The summed E-state index contributed by atoms with van der Waals surface area (Å²) in [4.78, 5) is 27.8. The average Bonchev–Trinajstić information content (AvgIpc) is 3.36. The zero-order chi connectivity index (χ0) is 32.0. The maximum absolute atomic E-state index is 14.3. The molecule has 2 heterocycles. The Labute approximate surface area is 268 Å². The van der Waals surface area contributed by atoms with E-state index in [0.29, 0.717) is 40.0 Å². The molecule has 7 heteroatoms. The van der Waals surface area contributed by atoms with E-state index in [9.17, 15) is 19.8 Å². The number of esters is 2. The molecule has 0 saturated heterocycles. The van der Waals surface area contributed by atoms with Crippen LogP contribution in [0.5, 0.6) is 28.7 Å². The molecule has 7 nitrogen and oxygen atoms in total. The van der Waals surface area contributed by atoms with Gasteiger partial charge in [0.25, 0.3) is 0 Å². The standard InChI is InChI=1S/C40H26O7/c1-2-26(38(43)46-32-17-13-23-11-10-21-6-5-7-22-12-15-28(32)36(23)35(21)22)29-18-25(42)20-34-37(29)40(31-16-14-24(41)19-33(31)45-34)30-9-4-3-8-27(30)39(44)47-40/h3-20,26,41-42H,2H2,1H3. The number of hydrogen-bond donors (Lipinski definition) is 2. The van der Waals surface area contributed by atoms with Gasteiger partial charge in [0.1, 0.15) is 28.7 Å². The molecule has 2 atom stereocenters. The fraction of sp³-hybridized carbons (Fsp3) is 0.100. The quantitative estimate of drug-likeness (QED) is 0.116. The zero-order valence-electron chi connectivity index (χ0n) is 25.1. The van der Waals surface area contributed by atoms with E-state index in [1.165, 1.54) is 24.3 Å². The van der Waals surface area contributed by atoms with E-state index >= 15 is 0 Å². The van der Waals surface area contributed by atoms with E-state index in [-0.39, 0.29) is 23.0 Å². The van der Waals surface area contributed by atoms with Gasteiger partial charge in [-0.3, -0.25) is 4.79 Å². The maximum Gasteiger partial charge on any atom is 0.340 e. The lowest BCUT2D eigenvalue weighted by Crippen LogP contribution is -2.35. The molecule has 47 heavy (non-hydrogen) atoms.